The average molecular weight is 1400 g/mol. The number of amides is 10. The first-order valence-electron chi connectivity index (χ1n) is 33.5. The molecular formula is C71H90N10O20. The number of carbonyl (C=O) groups is 10. The Hall–Kier alpha value is -10.6. The first kappa shape index (κ1) is 76.1. The fourth-order valence-corrected chi connectivity index (χ4v) is 11.9. The van der Waals surface area contributed by atoms with Gasteiger partial charge in [-0.15, -0.1) is 0 Å². The van der Waals surface area contributed by atoms with E-state index in [0.29, 0.717) is 80.5 Å². The third-order valence-corrected chi connectivity index (χ3v) is 17.4. The zero-order chi connectivity index (χ0) is 73.2. The first-order chi connectivity index (χ1) is 48.4. The molecule has 4 aliphatic heterocycles. The molecule has 544 valence electrons. The van der Waals surface area contributed by atoms with E-state index < -0.39 is 109 Å². The number of aliphatic hydroxyl groups excluding tert-OH is 2. The van der Waals surface area contributed by atoms with Crippen molar-refractivity contribution in [3.8, 4) is 23.0 Å². The quantitative estimate of drug-likeness (QED) is 0.0145. The molecule has 0 bridgehead atoms. The number of fused-ring (bicyclic) bond motifs is 4. The molecule has 4 aliphatic rings. The maximum atomic E-state index is 14.2. The zero-order valence-corrected chi connectivity index (χ0v) is 57.9. The molecule has 4 unspecified atom stereocenters. The molecule has 8 atom stereocenters. The molecule has 30 nitrogen and oxygen atoms in total. The summed E-state index contributed by atoms with van der Waals surface area (Å²) in [5.41, 5.74) is 1.99. The first-order valence-corrected chi connectivity index (χ1v) is 33.5. The maximum absolute atomic E-state index is 14.2. The zero-order valence-electron chi connectivity index (χ0n) is 57.9. The number of nitrogens with zero attached hydrogens (tertiary/aromatic N) is 4. The van der Waals surface area contributed by atoms with Crippen LogP contribution in [-0.2, 0) is 51.3 Å². The highest BCUT2D eigenvalue weighted by Gasteiger charge is 2.47. The second-order valence-electron chi connectivity index (χ2n) is 25.2. The Morgan fingerprint density at radius 3 is 1.24 bits per heavy atom. The van der Waals surface area contributed by atoms with E-state index in [1.54, 1.807) is 76.2 Å². The van der Waals surface area contributed by atoms with Gasteiger partial charge in [-0.3, -0.25) is 28.8 Å². The van der Waals surface area contributed by atoms with E-state index in [1.807, 2.05) is 0 Å². The normalized spacial score (nSPS) is 17.9. The molecule has 4 aromatic rings. The molecular weight excluding hydrogens is 1310 g/mol. The molecule has 4 aromatic carbocycles. The lowest BCUT2D eigenvalue weighted by atomic mass is 10.0. The van der Waals surface area contributed by atoms with Crippen molar-refractivity contribution in [2.45, 2.75) is 148 Å². The maximum Gasteiger partial charge on any atom is 0.416 e. The average Bonchev–Trinajstić information content (AvgIpc) is 1.63. The summed E-state index contributed by atoms with van der Waals surface area (Å²) in [4.78, 5) is 139. The molecule has 0 aliphatic carbocycles. The predicted molar refractivity (Wildman–Crippen MR) is 368 cm³/mol. The lowest BCUT2D eigenvalue weighted by Gasteiger charge is -2.31. The molecule has 10 amide bonds. The summed E-state index contributed by atoms with van der Waals surface area (Å²) >= 11 is 0. The van der Waals surface area contributed by atoms with Crippen LogP contribution in [0.15, 0.2) is 98.1 Å². The van der Waals surface area contributed by atoms with Gasteiger partial charge in [0.1, 0.15) is 50.6 Å². The van der Waals surface area contributed by atoms with E-state index in [1.165, 1.54) is 74.3 Å². The van der Waals surface area contributed by atoms with Crippen molar-refractivity contribution in [2.75, 3.05) is 74.2 Å². The molecule has 2 fully saturated rings. The van der Waals surface area contributed by atoms with Crippen LogP contribution >= 0.6 is 0 Å². The van der Waals surface area contributed by atoms with Gasteiger partial charge in [0.05, 0.1) is 62.0 Å². The Kier molecular flexibility index (Phi) is 26.7. The highest BCUT2D eigenvalue weighted by Crippen LogP contribution is 2.44. The fourth-order valence-electron chi connectivity index (χ4n) is 11.9. The molecule has 8 rings (SSSR count). The molecule has 101 heavy (non-hydrogen) atoms. The third-order valence-electron chi connectivity index (χ3n) is 17.4. The molecule has 0 aromatic heterocycles. The lowest BCUT2D eigenvalue weighted by molar-refractivity contribution is -0.128. The number of rotatable bonds is 30. The van der Waals surface area contributed by atoms with Crippen LogP contribution in [0.2, 0.25) is 0 Å². The van der Waals surface area contributed by atoms with E-state index in [2.05, 4.69) is 45.1 Å². The van der Waals surface area contributed by atoms with E-state index in [9.17, 15) is 58.2 Å². The van der Waals surface area contributed by atoms with E-state index >= 15 is 0 Å². The van der Waals surface area contributed by atoms with E-state index in [-0.39, 0.29) is 97.0 Å². The van der Waals surface area contributed by atoms with Gasteiger partial charge < -0.3 is 89.8 Å². The molecule has 8 N–H and O–H groups in total. The number of hydrogen-bond donors (Lipinski definition) is 8. The lowest BCUT2D eigenvalue weighted by Crippen LogP contribution is -2.53. The van der Waals surface area contributed by atoms with Crippen LogP contribution in [0.25, 0.3) is 0 Å². The SMILES string of the molecule is C=CCOC(=O)N[C@H](C(=O)N[C@@H](C)C(=O)Nc1ccc(COC(=O)N2c3cc(OCCCCCOc4cc5c(cc4OC)C(=O)N4CCCC4C(O)N5C(=O)OCc4ccc(NC(=O)[C@H](C)NC(=O)[C@@H](NC(=O)OCC=C)C(C)C)cc4)c(OC)cc3C(=O)N3CCCC3C2O)cc1)C(C)C. The van der Waals surface area contributed by atoms with Crippen LogP contribution in [0, 0.1) is 11.8 Å². The van der Waals surface area contributed by atoms with Gasteiger partial charge in [0.2, 0.25) is 23.6 Å². The summed E-state index contributed by atoms with van der Waals surface area (Å²) in [6, 6.07) is 13.1. The largest absolute Gasteiger partial charge is 0.493 e. The predicted octanol–water partition coefficient (Wildman–Crippen LogP) is 7.25. The van der Waals surface area contributed by atoms with Crippen molar-refractivity contribution in [2.24, 2.45) is 11.8 Å². The summed E-state index contributed by atoms with van der Waals surface area (Å²) < 4.78 is 45.4. The van der Waals surface area contributed by atoms with Crippen molar-refractivity contribution >= 4 is 82.6 Å². The van der Waals surface area contributed by atoms with Gasteiger partial charge in [0, 0.05) is 36.6 Å². The second kappa shape index (κ2) is 35.4. The van der Waals surface area contributed by atoms with Crippen molar-refractivity contribution < 1.29 is 96.1 Å². The number of benzene rings is 4. The van der Waals surface area contributed by atoms with Crippen LogP contribution in [0.1, 0.15) is 118 Å². The Labute approximate surface area is 585 Å². The van der Waals surface area contributed by atoms with Gasteiger partial charge in [0.15, 0.2) is 35.5 Å². The van der Waals surface area contributed by atoms with Gasteiger partial charge in [-0.1, -0.05) is 77.3 Å². The van der Waals surface area contributed by atoms with Crippen molar-refractivity contribution in [1.82, 2.24) is 31.1 Å². The molecule has 4 heterocycles. The molecule has 0 radical (unpaired) electrons. The van der Waals surface area contributed by atoms with Gasteiger partial charge in [-0.05, 0) is 118 Å². The number of hydrogen-bond acceptors (Lipinski definition) is 20. The van der Waals surface area contributed by atoms with Gasteiger partial charge in [0.25, 0.3) is 11.8 Å². The standard InChI is InChI=1S/C71H90N10O20/c1-11-30-98-68(90)76-58(40(3)4)62(84)72-42(7)60(82)74-46-24-20-44(21-25-46)38-100-70(92)80-52-36-56(54(94-9)34-48(52)64(86)78-28-16-18-50(78)66(80)88)96-32-14-13-15-33-97-57-37-53-49(35-55(57)95-10)65(87)79-29-17-19-51(79)67(89)81(53)71(93)101-39-45-22-26-47(27-23-45)75-61(83)43(8)73-63(85)59(41(5)6)77-69(91)99-31-12-2/h11-12,20-27,34-37,40-43,50-51,58-59,66-67,88-89H,1-2,13-19,28-33,38-39H2,3-10H3,(H,72,84)(H,73,85)(H,74,82)(H,75,83)(H,76,90)(H,77,91)/t42-,43-,50?,51?,58-,59-,66?,67?/m0/s1. The Balaban J connectivity index is 0.864. The van der Waals surface area contributed by atoms with Crippen LogP contribution in [0.4, 0.5) is 41.9 Å². The molecule has 2 saturated heterocycles. The molecule has 30 heteroatoms. The number of nitrogens with one attached hydrogen (secondary N) is 6. The Morgan fingerprint density at radius 2 is 0.891 bits per heavy atom. The third kappa shape index (κ3) is 19.0. The summed E-state index contributed by atoms with van der Waals surface area (Å²) in [5.74, 6) is -3.02. The number of anilines is 4. The van der Waals surface area contributed by atoms with Crippen molar-refractivity contribution in [3.05, 3.63) is 120 Å². The minimum atomic E-state index is -1.51. The summed E-state index contributed by atoms with van der Waals surface area (Å²) in [6.07, 6.45) is -0.263. The Morgan fingerprint density at radius 1 is 0.515 bits per heavy atom. The topological polar surface area (TPSA) is 370 Å². The van der Waals surface area contributed by atoms with Gasteiger partial charge in [-0.25, -0.2) is 29.0 Å². The Bertz CT molecular complexity index is 3450. The molecule has 0 spiro atoms. The second-order valence-corrected chi connectivity index (χ2v) is 25.2. The number of methoxy groups -OCH3 is 2. The van der Waals surface area contributed by atoms with E-state index in [0.717, 1.165) is 9.80 Å². The summed E-state index contributed by atoms with van der Waals surface area (Å²) in [5, 5.41) is 39.5. The summed E-state index contributed by atoms with van der Waals surface area (Å²) in [6.45, 7) is 17.2. The van der Waals surface area contributed by atoms with Crippen molar-refractivity contribution in [1.29, 1.82) is 0 Å². The van der Waals surface area contributed by atoms with Gasteiger partial charge in [-0.2, -0.15) is 0 Å². The van der Waals surface area contributed by atoms with Gasteiger partial charge >= 0.3 is 24.4 Å². The number of unbranched alkanes of at least 4 members (excludes halogenated alkanes) is 2. The molecule has 0 saturated carbocycles. The van der Waals surface area contributed by atoms with E-state index in [4.69, 9.17) is 37.9 Å². The highest BCUT2D eigenvalue weighted by molar-refractivity contribution is 6.07. The monoisotopic (exact) mass is 1400 g/mol. The number of carbonyl (C=O) groups excluding carboxylic acids is 10. The number of ether oxygens (including phenoxy) is 8. The van der Waals surface area contributed by atoms with Crippen molar-refractivity contribution in [3.63, 3.8) is 0 Å². The minimum absolute atomic E-state index is 0.0364. The highest BCUT2D eigenvalue weighted by atomic mass is 16.6. The van der Waals surface area contributed by atoms with Crippen LogP contribution in [0.5, 0.6) is 23.0 Å². The minimum Gasteiger partial charge on any atom is -0.493 e. The number of aliphatic hydroxyl groups is 2. The van der Waals surface area contributed by atoms with Crippen LogP contribution in [0.3, 0.4) is 0 Å². The summed E-state index contributed by atoms with van der Waals surface area (Å²) in [7, 11) is 2.82. The fraction of sp³-hybridized carbons (Fsp3) is 0.465. The number of alkyl carbamates (subject to hydrolysis) is 2. The smallest absolute Gasteiger partial charge is 0.416 e. The van der Waals surface area contributed by atoms with Crippen LogP contribution < -0.4 is 60.6 Å². The van der Waals surface area contributed by atoms with Crippen LogP contribution in [-0.4, -0.2) is 182 Å².